The van der Waals surface area contributed by atoms with E-state index >= 15 is 0 Å². The molecule has 2 N–H and O–H groups in total. The van der Waals surface area contributed by atoms with Crippen molar-refractivity contribution in [1.29, 1.82) is 0 Å². The predicted molar refractivity (Wildman–Crippen MR) is 69.9 cm³/mol. The second-order valence-corrected chi connectivity index (χ2v) is 4.05. The van der Waals surface area contributed by atoms with E-state index in [2.05, 4.69) is 19.4 Å². The van der Waals surface area contributed by atoms with Gasteiger partial charge in [0.1, 0.15) is 17.3 Å². The van der Waals surface area contributed by atoms with Crippen molar-refractivity contribution in [3.05, 3.63) is 36.2 Å². The number of nitrogens with two attached hydrogens (primary N) is 1. The lowest BCUT2D eigenvalue weighted by Gasteiger charge is -2.10. The number of carbonyl (C=O) groups is 1. The Kier molecular flexibility index (Phi) is 4.15. The van der Waals surface area contributed by atoms with Crippen LogP contribution in [0, 0.1) is 0 Å². The Balaban J connectivity index is 2.33. The number of methoxy groups -OCH3 is 1. The zero-order chi connectivity index (χ0) is 16.3. The second kappa shape index (κ2) is 5.88. The quantitative estimate of drug-likeness (QED) is 0.876. The molecule has 0 aliphatic carbocycles. The molecule has 0 saturated heterocycles. The van der Waals surface area contributed by atoms with E-state index in [0.717, 1.165) is 18.3 Å². The van der Waals surface area contributed by atoms with Crippen LogP contribution >= 0.6 is 0 Å². The summed E-state index contributed by atoms with van der Waals surface area (Å²) in [6, 6.07) is 4.86. The molecule has 0 radical (unpaired) electrons. The van der Waals surface area contributed by atoms with E-state index in [-0.39, 0.29) is 23.0 Å². The normalized spacial score (nSPS) is 11.1. The highest BCUT2D eigenvalue weighted by Crippen LogP contribution is 2.27. The monoisotopic (exact) mass is 313 g/mol. The molecule has 0 fully saturated rings. The molecule has 1 aromatic heterocycles. The lowest BCUT2D eigenvalue weighted by Crippen LogP contribution is -2.17. The van der Waals surface area contributed by atoms with Gasteiger partial charge in [-0.05, 0) is 24.3 Å². The molecule has 0 atom stereocenters. The summed E-state index contributed by atoms with van der Waals surface area (Å²) >= 11 is 0. The molecule has 0 bridgehead atoms. The molecule has 0 aliphatic rings. The zero-order valence-corrected chi connectivity index (χ0v) is 11.2. The van der Waals surface area contributed by atoms with Crippen LogP contribution in [-0.2, 0) is 4.74 Å². The van der Waals surface area contributed by atoms with Gasteiger partial charge in [-0.15, -0.1) is 13.2 Å². The Morgan fingerprint density at radius 3 is 2.41 bits per heavy atom. The van der Waals surface area contributed by atoms with Gasteiger partial charge in [0.25, 0.3) is 0 Å². The number of halogens is 3. The van der Waals surface area contributed by atoms with Crippen molar-refractivity contribution in [2.45, 2.75) is 6.36 Å². The number of rotatable bonds is 3. The fourth-order valence-electron chi connectivity index (χ4n) is 1.63. The van der Waals surface area contributed by atoms with Gasteiger partial charge in [0.2, 0.25) is 0 Å². The Morgan fingerprint density at radius 1 is 1.23 bits per heavy atom. The molecule has 0 saturated carbocycles. The summed E-state index contributed by atoms with van der Waals surface area (Å²) < 4.78 is 44.6. The highest BCUT2D eigenvalue weighted by molar-refractivity contribution is 5.88. The number of benzene rings is 1. The van der Waals surface area contributed by atoms with Crippen LogP contribution in [0.1, 0.15) is 10.5 Å². The van der Waals surface area contributed by atoms with Crippen molar-refractivity contribution in [1.82, 2.24) is 9.97 Å². The summed E-state index contributed by atoms with van der Waals surface area (Å²) in [5.74, 6) is -1.06. The Morgan fingerprint density at radius 2 is 1.86 bits per heavy atom. The number of hydrogen-bond donors (Lipinski definition) is 1. The highest BCUT2D eigenvalue weighted by Gasteiger charge is 2.31. The summed E-state index contributed by atoms with van der Waals surface area (Å²) in [6.45, 7) is 0. The van der Waals surface area contributed by atoms with Gasteiger partial charge in [0.05, 0.1) is 13.3 Å². The second-order valence-electron chi connectivity index (χ2n) is 4.05. The first-order valence-electron chi connectivity index (χ1n) is 5.87. The standard InChI is InChI=1S/C13H10F3N3O3/c1-21-12(20)9-6-18-11(17)10(19-9)7-2-4-8(5-3-7)22-13(14,15)16/h2-6H,1H3,(H2,17,18). The van der Waals surface area contributed by atoms with Gasteiger partial charge in [0.15, 0.2) is 5.69 Å². The molecule has 9 heteroatoms. The smallest absolute Gasteiger partial charge is 0.464 e. The Bertz CT molecular complexity index is 687. The average Bonchev–Trinajstić information content (AvgIpc) is 2.46. The van der Waals surface area contributed by atoms with Gasteiger partial charge in [-0.25, -0.2) is 14.8 Å². The van der Waals surface area contributed by atoms with E-state index in [9.17, 15) is 18.0 Å². The van der Waals surface area contributed by atoms with Gasteiger partial charge >= 0.3 is 12.3 Å². The lowest BCUT2D eigenvalue weighted by molar-refractivity contribution is -0.274. The summed E-state index contributed by atoms with van der Waals surface area (Å²) in [6.07, 6.45) is -3.63. The molecule has 2 aromatic rings. The van der Waals surface area contributed by atoms with Crippen LogP contribution in [0.4, 0.5) is 19.0 Å². The van der Waals surface area contributed by atoms with Crippen molar-refractivity contribution < 1.29 is 27.4 Å². The third kappa shape index (κ3) is 3.62. The fraction of sp³-hybridized carbons (Fsp3) is 0.154. The lowest BCUT2D eigenvalue weighted by atomic mass is 10.1. The summed E-state index contributed by atoms with van der Waals surface area (Å²) in [4.78, 5) is 19.2. The molecule has 0 amide bonds. The maximum absolute atomic E-state index is 12.1. The first kappa shape index (κ1) is 15.5. The molecule has 0 unspecified atom stereocenters. The number of ether oxygens (including phenoxy) is 2. The summed E-state index contributed by atoms with van der Waals surface area (Å²) in [5, 5.41) is 0. The van der Waals surface area contributed by atoms with E-state index < -0.39 is 12.3 Å². The number of alkyl halides is 3. The molecule has 0 spiro atoms. The van der Waals surface area contributed by atoms with E-state index in [0.29, 0.717) is 5.56 Å². The van der Waals surface area contributed by atoms with Crippen LogP contribution < -0.4 is 10.5 Å². The number of esters is 1. The van der Waals surface area contributed by atoms with E-state index in [1.165, 1.54) is 19.2 Å². The van der Waals surface area contributed by atoms with Crippen molar-refractivity contribution in [2.75, 3.05) is 12.8 Å². The summed E-state index contributed by atoms with van der Waals surface area (Å²) in [5.41, 5.74) is 6.13. The Hall–Kier alpha value is -2.84. The molecule has 22 heavy (non-hydrogen) atoms. The van der Waals surface area contributed by atoms with Gasteiger partial charge in [-0.3, -0.25) is 0 Å². The van der Waals surface area contributed by atoms with Crippen LogP contribution in [0.15, 0.2) is 30.5 Å². The molecular weight excluding hydrogens is 303 g/mol. The minimum absolute atomic E-state index is 0.0251. The van der Waals surface area contributed by atoms with Crippen molar-refractivity contribution in [3.8, 4) is 17.0 Å². The number of nitrogens with zero attached hydrogens (tertiary/aromatic N) is 2. The van der Waals surface area contributed by atoms with Gasteiger partial charge in [-0.1, -0.05) is 0 Å². The molecular formula is C13H10F3N3O3. The zero-order valence-electron chi connectivity index (χ0n) is 11.2. The third-order valence-corrected chi connectivity index (χ3v) is 2.56. The van der Waals surface area contributed by atoms with Crippen molar-refractivity contribution in [2.24, 2.45) is 0 Å². The van der Waals surface area contributed by atoms with Crippen LogP contribution in [0.3, 0.4) is 0 Å². The van der Waals surface area contributed by atoms with Crippen molar-refractivity contribution >= 4 is 11.8 Å². The average molecular weight is 313 g/mol. The van der Waals surface area contributed by atoms with Crippen LogP contribution in [-0.4, -0.2) is 29.4 Å². The van der Waals surface area contributed by atoms with Gasteiger partial charge < -0.3 is 15.2 Å². The predicted octanol–water partition coefficient (Wildman–Crippen LogP) is 2.41. The van der Waals surface area contributed by atoms with Gasteiger partial charge in [0, 0.05) is 5.56 Å². The summed E-state index contributed by atoms with van der Waals surface area (Å²) in [7, 11) is 1.18. The van der Waals surface area contributed by atoms with E-state index in [4.69, 9.17) is 5.73 Å². The third-order valence-electron chi connectivity index (χ3n) is 2.56. The molecule has 116 valence electrons. The van der Waals surface area contributed by atoms with E-state index in [1.54, 1.807) is 0 Å². The molecule has 1 heterocycles. The topological polar surface area (TPSA) is 87.3 Å². The number of anilines is 1. The first-order valence-corrected chi connectivity index (χ1v) is 5.87. The van der Waals surface area contributed by atoms with Crippen LogP contribution in [0.5, 0.6) is 5.75 Å². The number of nitrogen functional groups attached to an aromatic ring is 1. The number of hydrogen-bond acceptors (Lipinski definition) is 6. The largest absolute Gasteiger partial charge is 0.573 e. The van der Waals surface area contributed by atoms with Crippen molar-refractivity contribution in [3.63, 3.8) is 0 Å². The van der Waals surface area contributed by atoms with E-state index in [1.807, 2.05) is 0 Å². The first-order chi connectivity index (χ1) is 10.3. The highest BCUT2D eigenvalue weighted by atomic mass is 19.4. The van der Waals surface area contributed by atoms with Gasteiger partial charge in [-0.2, -0.15) is 0 Å². The molecule has 1 aromatic carbocycles. The SMILES string of the molecule is COC(=O)c1cnc(N)c(-c2ccc(OC(F)(F)F)cc2)n1. The fourth-order valence-corrected chi connectivity index (χ4v) is 1.63. The maximum atomic E-state index is 12.1. The number of carbonyl (C=O) groups excluding carboxylic acids is 1. The van der Waals surface area contributed by atoms with Crippen LogP contribution in [0.25, 0.3) is 11.3 Å². The van der Waals surface area contributed by atoms with Crippen LogP contribution in [0.2, 0.25) is 0 Å². The maximum Gasteiger partial charge on any atom is 0.573 e. The minimum Gasteiger partial charge on any atom is -0.464 e. The molecule has 2 rings (SSSR count). The molecule has 6 nitrogen and oxygen atoms in total. The minimum atomic E-state index is -4.77. The Labute approximate surface area is 122 Å². The number of aromatic nitrogens is 2. The molecule has 0 aliphatic heterocycles.